The number of nitrogens with one attached hydrogen (secondary N) is 1. The van der Waals surface area contributed by atoms with Gasteiger partial charge in [0.05, 0.1) is 0 Å². The lowest BCUT2D eigenvalue weighted by atomic mass is 11.2. The first-order valence-corrected chi connectivity index (χ1v) is 2.73. The molecule has 0 aliphatic rings. The van der Waals surface area contributed by atoms with Crippen molar-refractivity contribution in [2.24, 2.45) is 0 Å². The van der Waals surface area contributed by atoms with Crippen molar-refractivity contribution in [1.82, 2.24) is 9.84 Å². The highest BCUT2D eigenvalue weighted by atomic mass is 35.5. The molecule has 0 saturated heterocycles. The van der Waals surface area contributed by atoms with Gasteiger partial charge in [0, 0.05) is 25.4 Å². The Kier molecular flexibility index (Phi) is 7.61. The summed E-state index contributed by atoms with van der Waals surface area (Å²) in [6.07, 6.45) is 0. The molecule has 0 saturated carbocycles. The van der Waals surface area contributed by atoms with Crippen LogP contribution >= 0.6 is 12.4 Å². The molecule has 6 heteroatoms. The summed E-state index contributed by atoms with van der Waals surface area (Å²) in [7, 11) is 3.19. The molecule has 0 spiro atoms. The van der Waals surface area contributed by atoms with E-state index in [4.69, 9.17) is 0 Å². The molecule has 0 aliphatic heterocycles. The second-order valence-electron chi connectivity index (χ2n) is 1.22. The Hall–Kier alpha value is 0.320. The highest BCUT2D eigenvalue weighted by Crippen LogP contribution is 1.63. The predicted octanol–water partition coefficient (Wildman–Crippen LogP) is -0.731. The molecular weight excluding hydrogens is 152 g/mol. The highest BCUT2D eigenvalue weighted by molar-refractivity contribution is 7.76. The first-order chi connectivity index (χ1) is 3.13. The van der Waals surface area contributed by atoms with Gasteiger partial charge in [0.25, 0.3) is 0 Å². The third kappa shape index (κ3) is 9.58. The minimum Gasteiger partial charge on any atom is -0.759 e. The Morgan fingerprint density at radius 2 is 2.00 bits per heavy atom. The molecule has 4 nitrogen and oxygen atoms in total. The number of rotatable bonds is 2. The molecule has 1 N–H and O–H groups in total. The Balaban J connectivity index is 0. The van der Waals surface area contributed by atoms with Crippen LogP contribution in [0.15, 0.2) is 0 Å². The second kappa shape index (κ2) is 5.46. The van der Waals surface area contributed by atoms with Gasteiger partial charge in [-0.15, -0.1) is 12.4 Å². The molecule has 0 heterocycles. The predicted molar refractivity (Wildman–Crippen MR) is 33.0 cm³/mol. The first kappa shape index (κ1) is 11.2. The van der Waals surface area contributed by atoms with Gasteiger partial charge in [0.15, 0.2) is 0 Å². The molecule has 0 aromatic carbocycles. The lowest BCUT2D eigenvalue weighted by Crippen LogP contribution is -2.31. The van der Waals surface area contributed by atoms with E-state index in [1.165, 1.54) is 5.01 Å². The van der Waals surface area contributed by atoms with E-state index in [1.807, 2.05) is 0 Å². The van der Waals surface area contributed by atoms with Crippen molar-refractivity contribution in [3.05, 3.63) is 0 Å². The van der Waals surface area contributed by atoms with Gasteiger partial charge in [-0.25, -0.2) is 5.01 Å². The summed E-state index contributed by atoms with van der Waals surface area (Å²) in [5.74, 6) is 0. The Labute approximate surface area is 57.0 Å². The summed E-state index contributed by atoms with van der Waals surface area (Å²) in [6, 6.07) is 0. The molecule has 52 valence electrons. The van der Waals surface area contributed by atoms with E-state index in [1.54, 1.807) is 14.1 Å². The zero-order valence-corrected chi connectivity index (χ0v) is 6.21. The van der Waals surface area contributed by atoms with Crippen molar-refractivity contribution in [2.75, 3.05) is 14.1 Å². The first-order valence-electron chi connectivity index (χ1n) is 1.66. The zero-order valence-electron chi connectivity index (χ0n) is 4.58. The van der Waals surface area contributed by atoms with E-state index in [0.29, 0.717) is 0 Å². The van der Waals surface area contributed by atoms with Crippen molar-refractivity contribution < 1.29 is 8.76 Å². The fourth-order valence-electron chi connectivity index (χ4n) is 0.149. The molecule has 0 amide bonds. The highest BCUT2D eigenvalue weighted by Gasteiger charge is 1.80. The van der Waals surface area contributed by atoms with Crippen LogP contribution in [0, 0.1) is 0 Å². The third-order valence-electron chi connectivity index (χ3n) is 0.257. The standard InChI is InChI=1S/C2H8N2O2S.ClH/c1-4(2)3-7(5)6;/h3H,1-2H3,(H,5,6);1H/p-1. The van der Waals surface area contributed by atoms with Crippen LogP contribution in [0.5, 0.6) is 0 Å². The van der Waals surface area contributed by atoms with Gasteiger partial charge in [-0.1, -0.05) is 0 Å². The van der Waals surface area contributed by atoms with E-state index in [2.05, 4.69) is 4.83 Å². The SMILES string of the molecule is CN(C)NS(=O)[O-].Cl. The topological polar surface area (TPSA) is 55.4 Å². The molecule has 0 rings (SSSR count). The van der Waals surface area contributed by atoms with Crippen LogP contribution in [0.1, 0.15) is 0 Å². The van der Waals surface area contributed by atoms with Gasteiger partial charge in [0.2, 0.25) is 0 Å². The molecule has 1 unspecified atom stereocenters. The van der Waals surface area contributed by atoms with E-state index in [0.717, 1.165) is 0 Å². The fraction of sp³-hybridized carbons (Fsp3) is 1.00. The molecule has 0 radical (unpaired) electrons. The number of hydrazine groups is 1. The number of hydrogen-bond acceptors (Lipinski definition) is 3. The maximum absolute atomic E-state index is 9.66. The average molecular weight is 160 g/mol. The number of halogens is 1. The van der Waals surface area contributed by atoms with Crippen molar-refractivity contribution in [3.8, 4) is 0 Å². The fourth-order valence-corrected chi connectivity index (χ4v) is 0.447. The summed E-state index contributed by atoms with van der Waals surface area (Å²) < 4.78 is 19.3. The minimum absolute atomic E-state index is 0. The van der Waals surface area contributed by atoms with Crippen LogP contribution in [0.25, 0.3) is 0 Å². The normalized spacial score (nSPS) is 13.0. The summed E-state index contributed by atoms with van der Waals surface area (Å²) in [4.78, 5) is 2.06. The van der Waals surface area contributed by atoms with E-state index < -0.39 is 11.3 Å². The van der Waals surface area contributed by atoms with Crippen molar-refractivity contribution >= 4 is 23.7 Å². The molecule has 1 atom stereocenters. The summed E-state index contributed by atoms with van der Waals surface area (Å²) in [5.41, 5.74) is 0. The summed E-state index contributed by atoms with van der Waals surface area (Å²) in [6.45, 7) is 0. The molecule has 0 fully saturated rings. The van der Waals surface area contributed by atoms with Gasteiger partial charge in [-0.2, -0.15) is 4.83 Å². The van der Waals surface area contributed by atoms with E-state index in [9.17, 15) is 8.76 Å². The minimum atomic E-state index is -2.17. The van der Waals surface area contributed by atoms with Gasteiger partial charge >= 0.3 is 0 Å². The van der Waals surface area contributed by atoms with Crippen molar-refractivity contribution in [3.63, 3.8) is 0 Å². The van der Waals surface area contributed by atoms with Crippen LogP contribution in [-0.4, -0.2) is 27.9 Å². The van der Waals surface area contributed by atoms with Gasteiger partial charge in [0.1, 0.15) is 0 Å². The van der Waals surface area contributed by atoms with Crippen molar-refractivity contribution in [2.45, 2.75) is 0 Å². The third-order valence-corrected chi connectivity index (χ3v) is 0.771. The number of hydrogen-bond donors (Lipinski definition) is 1. The molecular formula is C2H8ClN2O2S-. The Morgan fingerprint density at radius 1 is 1.62 bits per heavy atom. The van der Waals surface area contributed by atoms with Crippen molar-refractivity contribution in [1.29, 1.82) is 0 Å². The Bertz CT molecular complexity index is 78.4. The van der Waals surface area contributed by atoms with Crippen LogP contribution in [0.4, 0.5) is 0 Å². The Morgan fingerprint density at radius 3 is 2.00 bits per heavy atom. The van der Waals surface area contributed by atoms with Crippen LogP contribution in [0.3, 0.4) is 0 Å². The molecule has 0 bridgehead atoms. The summed E-state index contributed by atoms with van der Waals surface area (Å²) >= 11 is -2.17. The zero-order chi connectivity index (χ0) is 5.86. The maximum atomic E-state index is 9.66. The molecule has 0 aromatic heterocycles. The van der Waals surface area contributed by atoms with Crippen LogP contribution in [0.2, 0.25) is 0 Å². The van der Waals surface area contributed by atoms with Gasteiger partial charge in [-0.3, -0.25) is 4.21 Å². The molecule has 0 aromatic rings. The van der Waals surface area contributed by atoms with E-state index >= 15 is 0 Å². The molecule has 0 aliphatic carbocycles. The molecule has 8 heavy (non-hydrogen) atoms. The van der Waals surface area contributed by atoms with Gasteiger partial charge < -0.3 is 4.55 Å². The largest absolute Gasteiger partial charge is 0.759 e. The summed E-state index contributed by atoms with van der Waals surface area (Å²) in [5, 5.41) is 1.34. The lowest BCUT2D eigenvalue weighted by molar-refractivity contribution is 0.354. The quantitative estimate of drug-likeness (QED) is 0.427. The van der Waals surface area contributed by atoms with E-state index in [-0.39, 0.29) is 12.4 Å². The maximum Gasteiger partial charge on any atom is 0.0326 e. The van der Waals surface area contributed by atoms with Crippen LogP contribution < -0.4 is 4.83 Å². The van der Waals surface area contributed by atoms with Crippen LogP contribution in [-0.2, 0) is 11.3 Å². The lowest BCUT2D eigenvalue weighted by Gasteiger charge is -2.12. The number of nitrogens with zero attached hydrogens (tertiary/aromatic N) is 1. The monoisotopic (exact) mass is 159 g/mol. The second-order valence-corrected chi connectivity index (χ2v) is 1.87. The van der Waals surface area contributed by atoms with Gasteiger partial charge in [-0.05, 0) is 0 Å². The average Bonchev–Trinajstić information content (AvgIpc) is 1.27. The smallest absolute Gasteiger partial charge is 0.0326 e.